The average Bonchev–Trinajstić information content (AvgIpc) is 3.05. The third kappa shape index (κ3) is 3.31. The Morgan fingerprint density at radius 3 is 2.62 bits per heavy atom. The molecule has 0 radical (unpaired) electrons. The van der Waals surface area contributed by atoms with Crippen molar-refractivity contribution in [3.8, 4) is 5.75 Å². The SMILES string of the molecule is CNC[C@@H](COc1cccc2ccccc12)[SH]1C=CC=C1. The van der Waals surface area contributed by atoms with E-state index in [0.29, 0.717) is 5.25 Å². The van der Waals surface area contributed by atoms with Gasteiger partial charge in [-0.05, 0) is 29.3 Å². The Bertz CT molecular complexity index is 648. The summed E-state index contributed by atoms with van der Waals surface area (Å²) >= 11 is 0. The monoisotopic (exact) mass is 299 g/mol. The zero-order chi connectivity index (χ0) is 14.5. The van der Waals surface area contributed by atoms with Crippen LogP contribution in [0.3, 0.4) is 0 Å². The number of benzene rings is 2. The lowest BCUT2D eigenvalue weighted by Crippen LogP contribution is -2.28. The van der Waals surface area contributed by atoms with Crippen LogP contribution in [0.15, 0.2) is 65.4 Å². The van der Waals surface area contributed by atoms with E-state index in [4.69, 9.17) is 4.74 Å². The van der Waals surface area contributed by atoms with Crippen molar-refractivity contribution >= 4 is 21.7 Å². The highest BCUT2D eigenvalue weighted by Crippen LogP contribution is 2.38. The van der Waals surface area contributed by atoms with Crippen LogP contribution in [-0.4, -0.2) is 25.4 Å². The van der Waals surface area contributed by atoms with Crippen LogP contribution in [0.25, 0.3) is 10.8 Å². The van der Waals surface area contributed by atoms with Crippen molar-refractivity contribution in [1.82, 2.24) is 5.32 Å². The van der Waals surface area contributed by atoms with Gasteiger partial charge in [0.15, 0.2) is 0 Å². The normalized spacial score (nSPS) is 16.5. The van der Waals surface area contributed by atoms with Crippen molar-refractivity contribution in [3.05, 3.63) is 65.4 Å². The first-order chi connectivity index (χ1) is 10.4. The summed E-state index contributed by atoms with van der Waals surface area (Å²) in [6.45, 7) is 1.72. The summed E-state index contributed by atoms with van der Waals surface area (Å²) in [5.74, 6) is 0.983. The summed E-state index contributed by atoms with van der Waals surface area (Å²) in [6.07, 6.45) is 4.29. The lowest BCUT2D eigenvalue weighted by Gasteiger charge is -2.24. The second-order valence-electron chi connectivity index (χ2n) is 5.13. The Hall–Kier alpha value is -1.71. The zero-order valence-corrected chi connectivity index (χ0v) is 13.1. The number of ether oxygens (including phenoxy) is 1. The number of allylic oxidation sites excluding steroid dienone is 2. The first-order valence-electron chi connectivity index (χ1n) is 7.26. The molecule has 3 heteroatoms. The summed E-state index contributed by atoms with van der Waals surface area (Å²) in [5, 5.41) is 10.8. The fourth-order valence-corrected chi connectivity index (χ4v) is 4.41. The highest BCUT2D eigenvalue weighted by atomic mass is 32.2. The molecule has 2 aromatic rings. The summed E-state index contributed by atoms with van der Waals surface area (Å²) in [6, 6.07) is 14.6. The predicted octanol–water partition coefficient (Wildman–Crippen LogP) is 3.85. The summed E-state index contributed by atoms with van der Waals surface area (Å²) in [7, 11) is 1.80. The van der Waals surface area contributed by atoms with Crippen molar-refractivity contribution in [2.45, 2.75) is 5.25 Å². The van der Waals surface area contributed by atoms with E-state index in [2.05, 4.69) is 70.7 Å². The molecule has 0 aliphatic carbocycles. The molecule has 2 aromatic carbocycles. The van der Waals surface area contributed by atoms with Crippen LogP contribution in [0.4, 0.5) is 0 Å². The highest BCUT2D eigenvalue weighted by molar-refractivity contribution is 8.22. The number of hydrogen-bond acceptors (Lipinski definition) is 2. The van der Waals surface area contributed by atoms with Crippen molar-refractivity contribution in [1.29, 1.82) is 0 Å². The van der Waals surface area contributed by atoms with Gasteiger partial charge in [0.1, 0.15) is 12.4 Å². The molecular weight excluding hydrogens is 278 g/mol. The van der Waals surface area contributed by atoms with E-state index in [0.717, 1.165) is 18.9 Å². The highest BCUT2D eigenvalue weighted by Gasteiger charge is 2.16. The van der Waals surface area contributed by atoms with Crippen LogP contribution >= 0.6 is 10.9 Å². The lowest BCUT2D eigenvalue weighted by atomic mass is 10.1. The Labute approximate surface area is 128 Å². The second-order valence-corrected chi connectivity index (χ2v) is 7.35. The largest absolute Gasteiger partial charge is 0.492 e. The first-order valence-corrected chi connectivity index (χ1v) is 8.81. The smallest absolute Gasteiger partial charge is 0.127 e. The van der Waals surface area contributed by atoms with Gasteiger partial charge in [0.2, 0.25) is 0 Å². The third-order valence-corrected chi connectivity index (χ3v) is 5.88. The molecule has 1 N–H and O–H groups in total. The molecule has 3 rings (SSSR count). The molecule has 0 unspecified atom stereocenters. The van der Waals surface area contributed by atoms with Crippen molar-refractivity contribution in [2.75, 3.05) is 20.2 Å². The Kier molecular flexibility index (Phi) is 4.63. The number of thiol groups is 1. The van der Waals surface area contributed by atoms with E-state index in [1.54, 1.807) is 0 Å². The molecule has 1 atom stereocenters. The van der Waals surface area contributed by atoms with Gasteiger partial charge < -0.3 is 10.1 Å². The van der Waals surface area contributed by atoms with Gasteiger partial charge in [0.25, 0.3) is 0 Å². The minimum absolute atomic E-state index is 0.202. The van der Waals surface area contributed by atoms with Crippen molar-refractivity contribution in [2.24, 2.45) is 0 Å². The first kappa shape index (κ1) is 14.2. The minimum Gasteiger partial charge on any atom is -0.492 e. The predicted molar refractivity (Wildman–Crippen MR) is 94.4 cm³/mol. The maximum atomic E-state index is 6.15. The minimum atomic E-state index is -0.202. The quantitative estimate of drug-likeness (QED) is 0.791. The van der Waals surface area contributed by atoms with Gasteiger partial charge in [0, 0.05) is 17.2 Å². The van der Waals surface area contributed by atoms with Crippen LogP contribution in [0, 0.1) is 0 Å². The summed E-state index contributed by atoms with van der Waals surface area (Å²) in [4.78, 5) is 0. The third-order valence-electron chi connectivity index (χ3n) is 3.67. The van der Waals surface area contributed by atoms with Crippen LogP contribution < -0.4 is 10.1 Å². The average molecular weight is 299 g/mol. The molecule has 0 saturated heterocycles. The molecule has 1 heterocycles. The van der Waals surface area contributed by atoms with Gasteiger partial charge in [-0.3, -0.25) is 0 Å². The molecule has 1 aliphatic rings. The number of hydrogen-bond donors (Lipinski definition) is 2. The molecule has 1 aliphatic heterocycles. The van der Waals surface area contributed by atoms with E-state index in [1.165, 1.54) is 10.8 Å². The molecule has 21 heavy (non-hydrogen) atoms. The van der Waals surface area contributed by atoms with Gasteiger partial charge in [-0.15, -0.1) is 0 Å². The summed E-state index contributed by atoms with van der Waals surface area (Å²) in [5.41, 5.74) is 0. The molecule has 0 amide bonds. The van der Waals surface area contributed by atoms with Gasteiger partial charge in [-0.25, -0.2) is 10.9 Å². The van der Waals surface area contributed by atoms with Crippen LogP contribution in [0.1, 0.15) is 0 Å². The van der Waals surface area contributed by atoms with Gasteiger partial charge in [-0.2, -0.15) is 0 Å². The molecule has 110 valence electrons. The molecule has 0 aromatic heterocycles. The number of rotatable bonds is 6. The molecule has 2 nitrogen and oxygen atoms in total. The van der Waals surface area contributed by atoms with Gasteiger partial charge >= 0.3 is 0 Å². The van der Waals surface area contributed by atoms with Crippen LogP contribution in [0.5, 0.6) is 5.75 Å². The topological polar surface area (TPSA) is 21.3 Å². The number of fused-ring (bicyclic) bond motifs is 1. The van der Waals surface area contributed by atoms with Crippen LogP contribution in [-0.2, 0) is 0 Å². The molecule has 0 saturated carbocycles. The van der Waals surface area contributed by atoms with Crippen LogP contribution in [0.2, 0.25) is 0 Å². The molecule has 0 fully saturated rings. The summed E-state index contributed by atoms with van der Waals surface area (Å²) < 4.78 is 6.15. The van der Waals surface area contributed by atoms with Gasteiger partial charge in [0.05, 0.1) is 0 Å². The Morgan fingerprint density at radius 1 is 1.05 bits per heavy atom. The maximum absolute atomic E-state index is 6.15. The van der Waals surface area contributed by atoms with E-state index >= 15 is 0 Å². The maximum Gasteiger partial charge on any atom is 0.127 e. The van der Waals surface area contributed by atoms with E-state index in [1.807, 2.05) is 7.05 Å². The zero-order valence-electron chi connectivity index (χ0n) is 12.2. The fourth-order valence-electron chi connectivity index (χ4n) is 2.58. The standard InChI is InChI=1S/C18H21NOS/c1-19-13-16(21-11-4-5-12-21)14-20-18-10-6-8-15-7-2-3-9-17(15)18/h2-12,16,19,21H,13-14H2,1H3/t16-/m0/s1. The molecule has 0 spiro atoms. The van der Waals surface area contributed by atoms with Crippen molar-refractivity contribution in [3.63, 3.8) is 0 Å². The fraction of sp³-hybridized carbons (Fsp3) is 0.222. The molecule has 0 bridgehead atoms. The van der Waals surface area contributed by atoms with E-state index in [9.17, 15) is 0 Å². The second kappa shape index (κ2) is 6.83. The molecular formula is C18H21NOS. The Morgan fingerprint density at radius 2 is 1.81 bits per heavy atom. The lowest BCUT2D eigenvalue weighted by molar-refractivity contribution is 0.318. The van der Waals surface area contributed by atoms with E-state index < -0.39 is 0 Å². The van der Waals surface area contributed by atoms with Gasteiger partial charge in [-0.1, -0.05) is 48.6 Å². The number of nitrogens with one attached hydrogen (secondary N) is 1. The Balaban J connectivity index is 1.75. The van der Waals surface area contributed by atoms with E-state index in [-0.39, 0.29) is 10.9 Å². The van der Waals surface area contributed by atoms with Crippen molar-refractivity contribution < 1.29 is 4.74 Å².